The molecular formula is C23H25N3O3. The largest absolute Gasteiger partial charge is 0.507 e. The predicted molar refractivity (Wildman–Crippen MR) is 111 cm³/mol. The van der Waals surface area contributed by atoms with Crippen LogP contribution in [0.3, 0.4) is 0 Å². The zero-order chi connectivity index (χ0) is 20.5. The summed E-state index contributed by atoms with van der Waals surface area (Å²) in [4.78, 5) is 15.0. The molecule has 0 saturated carbocycles. The summed E-state index contributed by atoms with van der Waals surface area (Å²) in [7, 11) is 0. The first-order chi connectivity index (χ1) is 14.0. The lowest BCUT2D eigenvalue weighted by molar-refractivity contribution is 0.0743. The molecule has 2 heterocycles. The van der Waals surface area contributed by atoms with Crippen LogP contribution in [0.4, 0.5) is 0 Å². The SMILES string of the molecule is CCCN1C(=O)c2[nH]nc(-c3cc(C)ccc3O)c2[C@@H]1c1cccc(OCC)c1. The Labute approximate surface area is 170 Å². The number of aromatic nitrogens is 2. The Morgan fingerprint density at radius 2 is 2.03 bits per heavy atom. The van der Waals surface area contributed by atoms with Crippen molar-refractivity contribution in [2.75, 3.05) is 13.2 Å². The molecule has 4 rings (SSSR count). The second-order valence-electron chi connectivity index (χ2n) is 7.29. The quantitative estimate of drug-likeness (QED) is 0.651. The van der Waals surface area contributed by atoms with E-state index in [0.29, 0.717) is 30.1 Å². The molecule has 0 unspecified atom stereocenters. The average molecular weight is 391 g/mol. The van der Waals surface area contributed by atoms with Crippen LogP contribution in [-0.4, -0.2) is 39.3 Å². The maximum absolute atomic E-state index is 13.1. The third-order valence-electron chi connectivity index (χ3n) is 5.22. The first kappa shape index (κ1) is 19.1. The third kappa shape index (κ3) is 3.24. The fourth-order valence-corrected chi connectivity index (χ4v) is 4.00. The number of rotatable bonds is 6. The minimum absolute atomic E-state index is 0.0699. The lowest BCUT2D eigenvalue weighted by atomic mass is 9.95. The van der Waals surface area contributed by atoms with E-state index in [0.717, 1.165) is 28.9 Å². The Morgan fingerprint density at radius 3 is 2.79 bits per heavy atom. The van der Waals surface area contributed by atoms with E-state index < -0.39 is 0 Å². The van der Waals surface area contributed by atoms with Crippen molar-refractivity contribution in [3.8, 4) is 22.8 Å². The summed E-state index contributed by atoms with van der Waals surface area (Å²) in [6, 6.07) is 13.0. The summed E-state index contributed by atoms with van der Waals surface area (Å²) in [6.45, 7) is 7.17. The molecule has 0 aliphatic carbocycles. The Bertz CT molecular complexity index is 1060. The molecule has 1 atom stereocenters. The molecule has 2 N–H and O–H groups in total. The molecule has 1 amide bonds. The number of fused-ring (bicyclic) bond motifs is 1. The van der Waals surface area contributed by atoms with Gasteiger partial charge in [0.25, 0.3) is 5.91 Å². The van der Waals surface area contributed by atoms with Gasteiger partial charge >= 0.3 is 0 Å². The molecule has 150 valence electrons. The zero-order valence-electron chi connectivity index (χ0n) is 16.9. The molecule has 0 spiro atoms. The highest BCUT2D eigenvalue weighted by Gasteiger charge is 2.42. The van der Waals surface area contributed by atoms with Crippen molar-refractivity contribution in [1.29, 1.82) is 0 Å². The molecule has 1 aliphatic heterocycles. The normalized spacial score (nSPS) is 15.6. The highest BCUT2D eigenvalue weighted by atomic mass is 16.5. The average Bonchev–Trinajstić information content (AvgIpc) is 3.24. The number of H-pyrrole nitrogens is 1. The minimum atomic E-state index is -0.286. The topological polar surface area (TPSA) is 78.5 Å². The highest BCUT2D eigenvalue weighted by Crippen LogP contribution is 2.45. The van der Waals surface area contributed by atoms with Crippen LogP contribution in [0.1, 0.15) is 53.5 Å². The molecule has 3 aromatic rings. The number of aromatic hydroxyl groups is 1. The minimum Gasteiger partial charge on any atom is -0.507 e. The number of hydrogen-bond donors (Lipinski definition) is 2. The number of phenols is 1. The number of aryl methyl sites for hydroxylation is 1. The first-order valence-electron chi connectivity index (χ1n) is 9.97. The lowest BCUT2D eigenvalue weighted by Gasteiger charge is -2.26. The van der Waals surface area contributed by atoms with E-state index in [2.05, 4.69) is 17.1 Å². The Hall–Kier alpha value is -3.28. The van der Waals surface area contributed by atoms with Crippen LogP contribution in [-0.2, 0) is 0 Å². The number of aromatic amines is 1. The predicted octanol–water partition coefficient (Wildman–Crippen LogP) is 4.44. The Kier molecular flexibility index (Phi) is 5.01. The third-order valence-corrected chi connectivity index (χ3v) is 5.22. The summed E-state index contributed by atoms with van der Waals surface area (Å²) in [5, 5.41) is 17.8. The number of nitrogens with one attached hydrogen (secondary N) is 1. The highest BCUT2D eigenvalue weighted by molar-refractivity contribution is 6.00. The Morgan fingerprint density at radius 1 is 1.21 bits per heavy atom. The van der Waals surface area contributed by atoms with Crippen molar-refractivity contribution in [3.05, 3.63) is 64.8 Å². The number of benzene rings is 2. The van der Waals surface area contributed by atoms with Gasteiger partial charge in [-0.1, -0.05) is 30.7 Å². The molecular weight excluding hydrogens is 366 g/mol. The lowest BCUT2D eigenvalue weighted by Crippen LogP contribution is -2.30. The van der Waals surface area contributed by atoms with Crippen LogP contribution < -0.4 is 4.74 Å². The van der Waals surface area contributed by atoms with Crippen LogP contribution in [0.15, 0.2) is 42.5 Å². The molecule has 6 heteroatoms. The fraction of sp³-hybridized carbons (Fsp3) is 0.304. The van der Waals surface area contributed by atoms with Gasteiger partial charge in [-0.2, -0.15) is 5.10 Å². The number of carbonyl (C=O) groups is 1. The summed E-state index contributed by atoms with van der Waals surface area (Å²) < 4.78 is 5.68. The molecule has 2 aromatic carbocycles. The number of amides is 1. The van der Waals surface area contributed by atoms with Gasteiger partial charge < -0.3 is 14.7 Å². The van der Waals surface area contributed by atoms with Crippen molar-refractivity contribution < 1.29 is 14.6 Å². The van der Waals surface area contributed by atoms with E-state index in [1.165, 1.54) is 0 Å². The van der Waals surface area contributed by atoms with Gasteiger partial charge in [-0.25, -0.2) is 0 Å². The standard InChI is InChI=1S/C23H25N3O3/c1-4-11-26-22(15-7-6-8-16(13-15)29-5-2)19-20(24-25-21(19)23(26)28)17-12-14(3)9-10-18(17)27/h6-10,12-13,22,27H,4-5,11H2,1-3H3,(H,24,25)/t22-/m0/s1. The molecule has 0 radical (unpaired) electrons. The molecule has 1 aromatic heterocycles. The van der Waals surface area contributed by atoms with Crippen molar-refractivity contribution in [3.63, 3.8) is 0 Å². The molecule has 0 bridgehead atoms. The van der Waals surface area contributed by atoms with Crippen molar-refractivity contribution >= 4 is 5.91 Å². The van der Waals surface area contributed by atoms with Crippen LogP contribution in [0.2, 0.25) is 0 Å². The van der Waals surface area contributed by atoms with Crippen molar-refractivity contribution in [2.45, 2.75) is 33.2 Å². The fourth-order valence-electron chi connectivity index (χ4n) is 4.00. The van der Waals surface area contributed by atoms with Gasteiger partial charge in [0, 0.05) is 17.7 Å². The number of nitrogens with zero attached hydrogens (tertiary/aromatic N) is 2. The number of carbonyl (C=O) groups excluding carboxylic acids is 1. The first-order valence-corrected chi connectivity index (χ1v) is 9.97. The van der Waals surface area contributed by atoms with E-state index in [1.54, 1.807) is 6.07 Å². The van der Waals surface area contributed by atoms with Gasteiger partial charge in [0.2, 0.25) is 0 Å². The van der Waals surface area contributed by atoms with Crippen LogP contribution in [0.25, 0.3) is 11.3 Å². The molecule has 1 aliphatic rings. The summed E-state index contributed by atoms with van der Waals surface area (Å²) >= 11 is 0. The van der Waals surface area contributed by atoms with E-state index in [4.69, 9.17) is 4.74 Å². The second kappa shape index (κ2) is 7.62. The maximum atomic E-state index is 13.1. The number of ether oxygens (including phenoxy) is 1. The van der Waals surface area contributed by atoms with E-state index in [9.17, 15) is 9.90 Å². The van der Waals surface area contributed by atoms with Crippen LogP contribution in [0, 0.1) is 6.92 Å². The molecule has 0 saturated heterocycles. The molecule has 29 heavy (non-hydrogen) atoms. The Balaban J connectivity index is 1.90. The van der Waals surface area contributed by atoms with Gasteiger partial charge in [-0.3, -0.25) is 9.89 Å². The smallest absolute Gasteiger partial charge is 0.273 e. The monoisotopic (exact) mass is 391 g/mol. The van der Waals surface area contributed by atoms with Crippen molar-refractivity contribution in [2.24, 2.45) is 0 Å². The zero-order valence-corrected chi connectivity index (χ0v) is 16.9. The van der Waals surface area contributed by atoms with E-state index in [-0.39, 0.29) is 17.7 Å². The van der Waals surface area contributed by atoms with E-state index >= 15 is 0 Å². The molecule has 6 nitrogen and oxygen atoms in total. The number of hydrogen-bond acceptors (Lipinski definition) is 4. The molecule has 0 fully saturated rings. The van der Waals surface area contributed by atoms with Gasteiger partial charge in [0.1, 0.15) is 22.9 Å². The van der Waals surface area contributed by atoms with Crippen LogP contribution in [0.5, 0.6) is 11.5 Å². The summed E-state index contributed by atoms with van der Waals surface area (Å²) in [6.07, 6.45) is 0.843. The van der Waals surface area contributed by atoms with Crippen LogP contribution >= 0.6 is 0 Å². The summed E-state index contributed by atoms with van der Waals surface area (Å²) in [5.74, 6) is 0.846. The van der Waals surface area contributed by atoms with Gasteiger partial charge in [-0.15, -0.1) is 0 Å². The van der Waals surface area contributed by atoms with Gasteiger partial charge in [0.05, 0.1) is 12.6 Å². The number of phenolic OH excluding ortho intramolecular Hbond substituents is 1. The van der Waals surface area contributed by atoms with E-state index in [1.807, 2.05) is 55.1 Å². The van der Waals surface area contributed by atoms with Gasteiger partial charge in [0.15, 0.2) is 0 Å². The van der Waals surface area contributed by atoms with Gasteiger partial charge in [-0.05, 0) is 50.1 Å². The second-order valence-corrected chi connectivity index (χ2v) is 7.29. The van der Waals surface area contributed by atoms with Crippen molar-refractivity contribution in [1.82, 2.24) is 15.1 Å². The summed E-state index contributed by atoms with van der Waals surface area (Å²) in [5.41, 5.74) is 4.50. The maximum Gasteiger partial charge on any atom is 0.273 e.